The van der Waals surface area contributed by atoms with Crippen molar-refractivity contribution in [3.05, 3.63) is 28.2 Å². The van der Waals surface area contributed by atoms with E-state index in [1.54, 1.807) is 39.0 Å². The van der Waals surface area contributed by atoms with Crippen molar-refractivity contribution in [1.29, 1.82) is 0 Å². The van der Waals surface area contributed by atoms with Gasteiger partial charge in [0.1, 0.15) is 11.6 Å². The average molecular weight is 361 g/mol. The molecule has 1 rings (SSSR count). The fraction of sp³-hybridized carbons (Fsp3) is 0.500. The van der Waals surface area contributed by atoms with Gasteiger partial charge in [0.05, 0.1) is 10.0 Å². The molecule has 0 radical (unpaired) electrons. The molecule has 128 valence electrons. The zero-order valence-electron chi connectivity index (χ0n) is 13.9. The standard InChI is InChI=1S/C16H22Cl2N2O3/c1-9(2)13(20-15(22)23-16(3,4)5)14(21)19-10-6-7-11(17)12(18)8-10/h6-9,13H,1-5H3,(H,19,21)(H,20,22). The van der Waals surface area contributed by atoms with E-state index in [1.165, 1.54) is 0 Å². The van der Waals surface area contributed by atoms with E-state index in [-0.39, 0.29) is 11.8 Å². The Morgan fingerprint density at radius 1 is 1.13 bits per heavy atom. The van der Waals surface area contributed by atoms with Crippen molar-refractivity contribution in [1.82, 2.24) is 5.32 Å². The molecule has 0 saturated heterocycles. The Balaban J connectivity index is 2.78. The molecule has 1 aromatic rings. The van der Waals surface area contributed by atoms with Crippen molar-refractivity contribution < 1.29 is 14.3 Å². The Morgan fingerprint density at radius 3 is 2.22 bits per heavy atom. The Bertz CT molecular complexity index is 583. The van der Waals surface area contributed by atoms with Gasteiger partial charge in [-0.1, -0.05) is 37.0 Å². The molecule has 1 aromatic carbocycles. The molecule has 0 aliphatic rings. The van der Waals surface area contributed by atoms with Crippen molar-refractivity contribution in [2.45, 2.75) is 46.3 Å². The van der Waals surface area contributed by atoms with Crippen LogP contribution in [0.15, 0.2) is 18.2 Å². The lowest BCUT2D eigenvalue weighted by Crippen LogP contribution is -2.48. The highest BCUT2D eigenvalue weighted by Crippen LogP contribution is 2.25. The molecule has 1 atom stereocenters. The molecule has 0 fully saturated rings. The van der Waals surface area contributed by atoms with Crippen molar-refractivity contribution in [2.24, 2.45) is 5.92 Å². The highest BCUT2D eigenvalue weighted by Gasteiger charge is 2.27. The highest BCUT2D eigenvalue weighted by molar-refractivity contribution is 6.42. The van der Waals surface area contributed by atoms with Crippen LogP contribution >= 0.6 is 23.2 Å². The summed E-state index contributed by atoms with van der Waals surface area (Å²) in [7, 11) is 0. The predicted octanol–water partition coefficient (Wildman–Crippen LogP) is 4.48. The minimum atomic E-state index is -0.737. The minimum absolute atomic E-state index is 0.120. The molecule has 2 N–H and O–H groups in total. The maximum atomic E-state index is 12.4. The third-order valence-electron chi connectivity index (χ3n) is 2.81. The molecule has 5 nitrogen and oxygen atoms in total. The zero-order valence-corrected chi connectivity index (χ0v) is 15.4. The third kappa shape index (κ3) is 6.67. The van der Waals surface area contributed by atoms with Crippen LogP contribution in [0, 0.1) is 5.92 Å². The van der Waals surface area contributed by atoms with E-state index in [9.17, 15) is 9.59 Å². The Hall–Kier alpha value is -1.46. The molecule has 1 unspecified atom stereocenters. The highest BCUT2D eigenvalue weighted by atomic mass is 35.5. The van der Waals surface area contributed by atoms with Gasteiger partial charge >= 0.3 is 6.09 Å². The van der Waals surface area contributed by atoms with Crippen LogP contribution in [0.25, 0.3) is 0 Å². The number of hydrogen-bond donors (Lipinski definition) is 2. The lowest BCUT2D eigenvalue weighted by atomic mass is 10.0. The van der Waals surface area contributed by atoms with Gasteiger partial charge in [0.15, 0.2) is 0 Å². The van der Waals surface area contributed by atoms with Crippen LogP contribution in [0.3, 0.4) is 0 Å². The van der Waals surface area contributed by atoms with E-state index in [0.717, 1.165) is 0 Å². The second-order valence-corrected chi connectivity index (χ2v) is 7.30. The fourth-order valence-corrected chi connectivity index (χ4v) is 2.06. The molecule has 2 amide bonds. The first kappa shape index (κ1) is 19.6. The molecule has 0 saturated carbocycles. The predicted molar refractivity (Wildman–Crippen MR) is 93.1 cm³/mol. The van der Waals surface area contributed by atoms with Gasteiger partial charge in [-0.3, -0.25) is 4.79 Å². The fourth-order valence-electron chi connectivity index (χ4n) is 1.76. The van der Waals surface area contributed by atoms with E-state index >= 15 is 0 Å². The maximum absolute atomic E-state index is 12.4. The molecule has 7 heteroatoms. The van der Waals surface area contributed by atoms with Gasteiger partial charge < -0.3 is 15.4 Å². The third-order valence-corrected chi connectivity index (χ3v) is 3.55. The van der Waals surface area contributed by atoms with Gasteiger partial charge in [-0.25, -0.2) is 4.79 Å². The summed E-state index contributed by atoms with van der Waals surface area (Å²) in [4.78, 5) is 24.3. The van der Waals surface area contributed by atoms with Crippen LogP contribution < -0.4 is 10.6 Å². The van der Waals surface area contributed by atoms with Gasteiger partial charge in [0.25, 0.3) is 0 Å². The molecule has 0 aliphatic heterocycles. The van der Waals surface area contributed by atoms with Crippen molar-refractivity contribution >= 4 is 40.9 Å². The van der Waals surface area contributed by atoms with Crippen LogP contribution in [0.5, 0.6) is 0 Å². The molecular weight excluding hydrogens is 339 g/mol. The first-order chi connectivity index (χ1) is 10.5. The summed E-state index contributed by atoms with van der Waals surface area (Å²) in [6.45, 7) is 8.93. The van der Waals surface area contributed by atoms with Crippen LogP contribution in [0.2, 0.25) is 10.0 Å². The number of carbonyl (C=O) groups is 2. The molecule has 0 aliphatic carbocycles. The number of rotatable bonds is 4. The van der Waals surface area contributed by atoms with E-state index in [1.807, 2.05) is 13.8 Å². The van der Waals surface area contributed by atoms with Gasteiger partial charge in [0, 0.05) is 5.69 Å². The summed E-state index contributed by atoms with van der Waals surface area (Å²) in [5, 5.41) is 6.03. The number of hydrogen-bond acceptors (Lipinski definition) is 3. The molecule has 0 heterocycles. The number of halogens is 2. The normalized spacial score (nSPS) is 12.7. The van der Waals surface area contributed by atoms with E-state index in [2.05, 4.69) is 10.6 Å². The number of benzene rings is 1. The summed E-state index contributed by atoms with van der Waals surface area (Å²) < 4.78 is 5.18. The van der Waals surface area contributed by atoms with Crippen LogP contribution in [0.4, 0.5) is 10.5 Å². The first-order valence-electron chi connectivity index (χ1n) is 7.25. The molecule has 0 aromatic heterocycles. The van der Waals surface area contributed by atoms with Crippen LogP contribution in [-0.4, -0.2) is 23.6 Å². The quantitative estimate of drug-likeness (QED) is 0.831. The van der Waals surface area contributed by atoms with Crippen molar-refractivity contribution in [3.8, 4) is 0 Å². The van der Waals surface area contributed by atoms with Gasteiger partial charge in [-0.2, -0.15) is 0 Å². The van der Waals surface area contributed by atoms with E-state index < -0.39 is 17.7 Å². The molecule has 0 bridgehead atoms. The monoisotopic (exact) mass is 360 g/mol. The summed E-state index contributed by atoms with van der Waals surface area (Å²) in [5.41, 5.74) is -0.132. The Kier molecular flexibility index (Phi) is 6.71. The van der Waals surface area contributed by atoms with Gasteiger partial charge in [0.2, 0.25) is 5.91 Å². The van der Waals surface area contributed by atoms with E-state index in [4.69, 9.17) is 27.9 Å². The summed E-state index contributed by atoms with van der Waals surface area (Å²) in [5.74, 6) is -0.477. The SMILES string of the molecule is CC(C)C(NC(=O)OC(C)(C)C)C(=O)Nc1ccc(Cl)c(Cl)c1. The number of ether oxygens (including phenoxy) is 1. The average Bonchev–Trinajstić information content (AvgIpc) is 2.37. The first-order valence-corrected chi connectivity index (χ1v) is 8.00. The lowest BCUT2D eigenvalue weighted by molar-refractivity contribution is -0.119. The van der Waals surface area contributed by atoms with Gasteiger partial charge in [-0.05, 0) is 44.9 Å². The topological polar surface area (TPSA) is 67.4 Å². The number of amides is 2. The van der Waals surface area contributed by atoms with Crippen LogP contribution in [-0.2, 0) is 9.53 Å². The minimum Gasteiger partial charge on any atom is -0.444 e. The van der Waals surface area contributed by atoms with E-state index in [0.29, 0.717) is 15.7 Å². The largest absolute Gasteiger partial charge is 0.444 e. The second-order valence-electron chi connectivity index (χ2n) is 6.49. The van der Waals surface area contributed by atoms with Crippen molar-refractivity contribution in [2.75, 3.05) is 5.32 Å². The number of anilines is 1. The Labute approximate surface area is 146 Å². The number of carbonyl (C=O) groups excluding carboxylic acids is 2. The zero-order chi connectivity index (χ0) is 17.8. The summed E-state index contributed by atoms with van der Waals surface area (Å²) >= 11 is 11.8. The number of nitrogens with one attached hydrogen (secondary N) is 2. The smallest absolute Gasteiger partial charge is 0.408 e. The lowest BCUT2D eigenvalue weighted by Gasteiger charge is -2.25. The number of alkyl carbamates (subject to hydrolysis) is 1. The maximum Gasteiger partial charge on any atom is 0.408 e. The van der Waals surface area contributed by atoms with Gasteiger partial charge in [-0.15, -0.1) is 0 Å². The second kappa shape index (κ2) is 7.88. The summed E-state index contributed by atoms with van der Waals surface area (Å²) in [6.07, 6.45) is -0.638. The Morgan fingerprint density at radius 2 is 1.74 bits per heavy atom. The summed E-state index contributed by atoms with van der Waals surface area (Å²) in [6, 6.07) is 4.04. The van der Waals surface area contributed by atoms with Crippen LogP contribution in [0.1, 0.15) is 34.6 Å². The molecule has 23 heavy (non-hydrogen) atoms. The molecular formula is C16H22Cl2N2O3. The molecule has 0 spiro atoms. The van der Waals surface area contributed by atoms with Crippen molar-refractivity contribution in [3.63, 3.8) is 0 Å².